The predicted molar refractivity (Wildman–Crippen MR) is 89.6 cm³/mol. The van der Waals surface area contributed by atoms with Crippen molar-refractivity contribution in [1.82, 2.24) is 16.0 Å². The van der Waals surface area contributed by atoms with Crippen molar-refractivity contribution in [3.05, 3.63) is 28.8 Å². The number of ether oxygens (including phenoxy) is 1. The van der Waals surface area contributed by atoms with Crippen LogP contribution in [0, 0.1) is 0 Å². The number of hydrogen-bond donors (Lipinski definition) is 3. The summed E-state index contributed by atoms with van der Waals surface area (Å²) in [6.45, 7) is 2.06. The first-order valence-corrected chi connectivity index (χ1v) is 7.80. The van der Waals surface area contributed by atoms with E-state index in [9.17, 15) is 13.6 Å². The zero-order chi connectivity index (χ0) is 17.9. The summed E-state index contributed by atoms with van der Waals surface area (Å²) in [5.74, 6) is 0.407. The zero-order valence-electron chi connectivity index (χ0n) is 13.5. The van der Waals surface area contributed by atoms with E-state index in [1.54, 1.807) is 0 Å². The first kappa shape index (κ1) is 20.0. The molecular formula is C15H21ClF2N4O2. The minimum atomic E-state index is -2.92. The van der Waals surface area contributed by atoms with Crippen LogP contribution in [0.3, 0.4) is 0 Å². The van der Waals surface area contributed by atoms with Crippen LogP contribution < -0.4 is 20.7 Å². The summed E-state index contributed by atoms with van der Waals surface area (Å²) in [6.07, 6.45) is 0. The van der Waals surface area contributed by atoms with Crippen molar-refractivity contribution in [3.8, 4) is 5.75 Å². The molecule has 0 fully saturated rings. The normalized spacial score (nSPS) is 11.3. The minimum absolute atomic E-state index is 0.0345. The molecule has 0 bridgehead atoms. The summed E-state index contributed by atoms with van der Waals surface area (Å²) in [6, 6.07) is 4.39. The van der Waals surface area contributed by atoms with Crippen molar-refractivity contribution >= 4 is 23.5 Å². The van der Waals surface area contributed by atoms with Gasteiger partial charge >= 0.3 is 6.61 Å². The van der Waals surface area contributed by atoms with Gasteiger partial charge in [0.25, 0.3) is 0 Å². The molecule has 0 saturated heterocycles. The van der Waals surface area contributed by atoms with Crippen molar-refractivity contribution in [2.75, 3.05) is 19.6 Å². The van der Waals surface area contributed by atoms with E-state index in [2.05, 4.69) is 25.7 Å². The van der Waals surface area contributed by atoms with Gasteiger partial charge in [0.1, 0.15) is 5.75 Å². The highest BCUT2D eigenvalue weighted by Crippen LogP contribution is 2.25. The monoisotopic (exact) mass is 362 g/mol. The molecule has 1 aromatic carbocycles. The van der Waals surface area contributed by atoms with Crippen molar-refractivity contribution in [2.45, 2.75) is 27.0 Å². The van der Waals surface area contributed by atoms with Gasteiger partial charge in [-0.2, -0.15) is 8.78 Å². The Morgan fingerprint density at radius 3 is 2.62 bits per heavy atom. The molecule has 0 aliphatic carbocycles. The number of benzene rings is 1. The third kappa shape index (κ3) is 7.96. The molecule has 1 aromatic rings. The van der Waals surface area contributed by atoms with Crippen LogP contribution >= 0.6 is 11.6 Å². The Kier molecular flexibility index (Phi) is 8.85. The Bertz CT molecular complexity index is 570. The molecule has 3 N–H and O–H groups in total. The molecule has 0 heterocycles. The molecule has 0 saturated carbocycles. The maximum absolute atomic E-state index is 12.4. The summed E-state index contributed by atoms with van der Waals surface area (Å²) < 4.78 is 29.4. The number of amides is 1. The lowest BCUT2D eigenvalue weighted by molar-refractivity contribution is -0.118. The van der Waals surface area contributed by atoms with Crippen LogP contribution in [0.1, 0.15) is 19.4 Å². The van der Waals surface area contributed by atoms with Gasteiger partial charge in [-0.05, 0) is 25.1 Å². The highest BCUT2D eigenvalue weighted by Gasteiger charge is 2.10. The molecule has 6 nitrogen and oxygen atoms in total. The summed E-state index contributed by atoms with van der Waals surface area (Å²) in [5, 5.41) is 9.10. The number of alkyl halides is 2. The number of carbonyl (C=O) groups is 1. The molecule has 0 unspecified atom stereocenters. The minimum Gasteiger partial charge on any atom is -0.434 e. The van der Waals surface area contributed by atoms with Crippen LogP contribution in [0.5, 0.6) is 5.75 Å². The molecule has 0 aromatic heterocycles. The quantitative estimate of drug-likeness (QED) is 0.376. The third-order valence-electron chi connectivity index (χ3n) is 2.78. The van der Waals surface area contributed by atoms with Crippen LogP contribution in [0.15, 0.2) is 23.2 Å². The predicted octanol–water partition coefficient (Wildman–Crippen LogP) is 2.13. The van der Waals surface area contributed by atoms with Crippen LogP contribution in [0.2, 0.25) is 5.02 Å². The highest BCUT2D eigenvalue weighted by atomic mass is 35.5. The maximum Gasteiger partial charge on any atom is 0.387 e. The molecule has 0 aliphatic heterocycles. The summed E-state index contributed by atoms with van der Waals surface area (Å²) in [5.41, 5.74) is 0.446. The van der Waals surface area contributed by atoms with Gasteiger partial charge in [-0.1, -0.05) is 11.6 Å². The lowest BCUT2D eigenvalue weighted by atomic mass is 10.2. The van der Waals surface area contributed by atoms with Gasteiger partial charge in [0.15, 0.2) is 5.96 Å². The zero-order valence-corrected chi connectivity index (χ0v) is 14.3. The second-order valence-corrected chi connectivity index (χ2v) is 5.17. The Hall–Kier alpha value is -2.09. The Morgan fingerprint density at radius 1 is 1.29 bits per heavy atom. The van der Waals surface area contributed by atoms with Gasteiger partial charge in [0.05, 0.1) is 6.54 Å². The number of rotatable bonds is 8. The molecule has 134 valence electrons. The topological polar surface area (TPSA) is 74.8 Å². The second kappa shape index (κ2) is 10.6. The van der Waals surface area contributed by atoms with Crippen molar-refractivity contribution in [1.29, 1.82) is 0 Å². The fourth-order valence-corrected chi connectivity index (χ4v) is 2.00. The number of hydrogen-bond acceptors (Lipinski definition) is 3. The molecular weight excluding hydrogens is 342 g/mol. The fraction of sp³-hybridized carbons (Fsp3) is 0.467. The average molecular weight is 363 g/mol. The van der Waals surface area contributed by atoms with Crippen molar-refractivity contribution in [2.24, 2.45) is 4.99 Å². The number of nitrogens with one attached hydrogen (secondary N) is 3. The first-order chi connectivity index (χ1) is 11.4. The second-order valence-electron chi connectivity index (χ2n) is 4.74. The molecule has 9 heteroatoms. The average Bonchev–Trinajstić information content (AvgIpc) is 2.50. The number of aliphatic imine (C=N–C) groups is 1. The van der Waals surface area contributed by atoms with E-state index >= 15 is 0 Å². The van der Waals surface area contributed by atoms with E-state index < -0.39 is 6.61 Å². The summed E-state index contributed by atoms with van der Waals surface area (Å²) in [4.78, 5) is 15.1. The molecule has 1 rings (SSSR count). The fourth-order valence-electron chi connectivity index (χ4n) is 1.81. The largest absolute Gasteiger partial charge is 0.434 e. The van der Waals surface area contributed by atoms with Gasteiger partial charge in [-0.25, -0.2) is 4.99 Å². The summed E-state index contributed by atoms with van der Waals surface area (Å²) in [7, 11) is 0. The molecule has 0 spiro atoms. The highest BCUT2D eigenvalue weighted by molar-refractivity contribution is 6.30. The lowest BCUT2D eigenvalue weighted by Crippen LogP contribution is -2.41. The SMILES string of the molecule is CCNC(=NCc1cc(Cl)ccc1OC(F)F)NCCNC(C)=O. The van der Waals surface area contributed by atoms with Crippen LogP contribution in [0.25, 0.3) is 0 Å². The van der Waals surface area contributed by atoms with Crippen LogP contribution in [0.4, 0.5) is 8.78 Å². The van der Waals surface area contributed by atoms with E-state index in [-0.39, 0.29) is 18.2 Å². The van der Waals surface area contributed by atoms with Gasteiger partial charge in [-0.3, -0.25) is 4.79 Å². The lowest BCUT2D eigenvalue weighted by Gasteiger charge is -2.13. The van der Waals surface area contributed by atoms with Crippen molar-refractivity contribution < 1.29 is 18.3 Å². The Labute approximate surface area is 144 Å². The molecule has 24 heavy (non-hydrogen) atoms. The van der Waals surface area contributed by atoms with E-state index in [0.29, 0.717) is 36.2 Å². The number of nitrogens with zero attached hydrogens (tertiary/aromatic N) is 1. The van der Waals surface area contributed by atoms with Crippen molar-refractivity contribution in [3.63, 3.8) is 0 Å². The van der Waals surface area contributed by atoms with Gasteiger partial charge < -0.3 is 20.7 Å². The van der Waals surface area contributed by atoms with Gasteiger partial charge in [0.2, 0.25) is 5.91 Å². The summed E-state index contributed by atoms with van der Waals surface area (Å²) >= 11 is 5.90. The van der Waals surface area contributed by atoms with E-state index in [4.69, 9.17) is 11.6 Å². The van der Waals surface area contributed by atoms with E-state index in [1.807, 2.05) is 6.92 Å². The molecule has 0 aliphatic rings. The van der Waals surface area contributed by atoms with Crippen LogP contribution in [-0.4, -0.2) is 38.1 Å². The van der Waals surface area contributed by atoms with Gasteiger partial charge in [0, 0.05) is 37.1 Å². The Balaban J connectivity index is 2.73. The van der Waals surface area contributed by atoms with E-state index in [0.717, 1.165) is 0 Å². The van der Waals surface area contributed by atoms with Crippen LogP contribution in [-0.2, 0) is 11.3 Å². The smallest absolute Gasteiger partial charge is 0.387 e. The Morgan fingerprint density at radius 2 is 2.00 bits per heavy atom. The number of halogens is 3. The third-order valence-corrected chi connectivity index (χ3v) is 3.02. The molecule has 0 radical (unpaired) electrons. The van der Waals surface area contributed by atoms with Gasteiger partial charge in [-0.15, -0.1) is 0 Å². The van der Waals surface area contributed by atoms with E-state index in [1.165, 1.54) is 25.1 Å². The number of guanidine groups is 1. The molecule has 1 amide bonds. The first-order valence-electron chi connectivity index (χ1n) is 7.42. The molecule has 0 atom stereocenters. The number of carbonyl (C=O) groups excluding carboxylic acids is 1. The standard InChI is InChI=1S/C15H21ClF2N4O2/c1-3-19-15(21-7-6-20-10(2)23)22-9-11-8-12(16)4-5-13(11)24-14(17)18/h4-5,8,14H,3,6-7,9H2,1-2H3,(H,20,23)(H2,19,21,22). The maximum atomic E-state index is 12.4.